The quantitative estimate of drug-likeness (QED) is 0.344. The first-order valence-electron chi connectivity index (χ1n) is 12.5. The van der Waals surface area contributed by atoms with E-state index in [-0.39, 0.29) is 16.5 Å². The van der Waals surface area contributed by atoms with Crippen LogP contribution in [0, 0.1) is 0 Å². The Morgan fingerprint density at radius 1 is 1.10 bits per heavy atom. The van der Waals surface area contributed by atoms with Crippen molar-refractivity contribution in [2.24, 2.45) is 0 Å². The van der Waals surface area contributed by atoms with Crippen LogP contribution < -0.4 is 4.74 Å². The van der Waals surface area contributed by atoms with E-state index in [4.69, 9.17) is 4.74 Å². The van der Waals surface area contributed by atoms with Crippen LogP contribution in [-0.2, 0) is 13.0 Å². The number of likely N-dealkylation sites (tertiary alicyclic amines) is 1. The summed E-state index contributed by atoms with van der Waals surface area (Å²) in [6.07, 6.45) is -6.04. The summed E-state index contributed by atoms with van der Waals surface area (Å²) in [5, 5.41) is 0. The third kappa shape index (κ3) is 7.40. The van der Waals surface area contributed by atoms with Gasteiger partial charge in [0.05, 0.1) is 23.8 Å². The molecule has 1 fully saturated rings. The number of hydrogen-bond acceptors (Lipinski definition) is 5. The Morgan fingerprint density at radius 3 is 2.38 bits per heavy atom. The average Bonchev–Trinajstić information content (AvgIpc) is 3.40. The summed E-state index contributed by atoms with van der Waals surface area (Å²) in [6, 6.07) is 7.85. The van der Waals surface area contributed by atoms with Crippen LogP contribution in [0.15, 0.2) is 36.5 Å². The highest BCUT2D eigenvalue weighted by molar-refractivity contribution is 5.97. The lowest BCUT2D eigenvalue weighted by molar-refractivity contribution is -0.171. The summed E-state index contributed by atoms with van der Waals surface area (Å²) >= 11 is 0. The molecule has 0 radical (unpaired) electrons. The number of carbonyl (C=O) groups excluding carboxylic acids is 1. The Bertz CT molecular complexity index is 1270. The smallest absolute Gasteiger partial charge is 0.406 e. The largest absolute Gasteiger partial charge is 0.492 e. The van der Waals surface area contributed by atoms with Gasteiger partial charge in [-0.15, -0.1) is 0 Å². The summed E-state index contributed by atoms with van der Waals surface area (Å²) < 4.78 is 85.2. The molecule has 1 aliphatic heterocycles. The van der Waals surface area contributed by atoms with Gasteiger partial charge in [-0.25, -0.2) is 4.98 Å². The molecule has 1 amide bonds. The van der Waals surface area contributed by atoms with Gasteiger partial charge in [-0.3, -0.25) is 9.78 Å². The van der Waals surface area contributed by atoms with Gasteiger partial charge < -0.3 is 19.1 Å². The van der Waals surface area contributed by atoms with E-state index in [1.807, 2.05) is 18.5 Å². The fourth-order valence-electron chi connectivity index (χ4n) is 4.82. The van der Waals surface area contributed by atoms with Gasteiger partial charge in [0, 0.05) is 30.3 Å². The number of carbonyl (C=O) groups is 1. The van der Waals surface area contributed by atoms with Crippen molar-refractivity contribution in [3.8, 4) is 5.75 Å². The Kier molecular flexibility index (Phi) is 8.38. The molecule has 7 nitrogen and oxygen atoms in total. The second-order valence-corrected chi connectivity index (χ2v) is 9.61. The number of aromatic nitrogens is 3. The number of nitrogens with zero attached hydrogens (tertiary/aromatic N) is 5. The second-order valence-electron chi connectivity index (χ2n) is 9.61. The van der Waals surface area contributed by atoms with Crippen molar-refractivity contribution >= 4 is 16.9 Å². The predicted molar refractivity (Wildman–Crippen MR) is 132 cm³/mol. The maximum Gasteiger partial charge on any atom is 0.406 e. The molecule has 0 spiro atoms. The fourth-order valence-corrected chi connectivity index (χ4v) is 4.82. The minimum absolute atomic E-state index is 0.227. The molecule has 0 N–H and O–H groups in total. The summed E-state index contributed by atoms with van der Waals surface area (Å²) in [6.45, 7) is -0.140. The third-order valence-corrected chi connectivity index (χ3v) is 6.61. The van der Waals surface area contributed by atoms with Gasteiger partial charge in [-0.1, -0.05) is 0 Å². The topological polar surface area (TPSA) is 63.5 Å². The molecule has 2 aromatic heterocycles. The zero-order valence-corrected chi connectivity index (χ0v) is 21.5. The van der Waals surface area contributed by atoms with Crippen molar-refractivity contribution < 1.29 is 35.9 Å². The Morgan fingerprint density at radius 2 is 1.82 bits per heavy atom. The molecule has 0 bridgehead atoms. The van der Waals surface area contributed by atoms with Crippen LogP contribution in [-0.4, -0.2) is 81.9 Å². The zero-order valence-electron chi connectivity index (χ0n) is 21.5. The van der Waals surface area contributed by atoms with Crippen molar-refractivity contribution in [1.29, 1.82) is 0 Å². The van der Waals surface area contributed by atoms with Crippen molar-refractivity contribution in [2.45, 2.75) is 51.1 Å². The lowest BCUT2D eigenvalue weighted by Crippen LogP contribution is -2.44. The van der Waals surface area contributed by atoms with Crippen molar-refractivity contribution in [1.82, 2.24) is 24.3 Å². The van der Waals surface area contributed by atoms with E-state index in [1.165, 1.54) is 18.2 Å². The molecule has 0 saturated carbocycles. The fraction of sp³-hybridized carbons (Fsp3) is 0.500. The number of halogens is 6. The van der Waals surface area contributed by atoms with Gasteiger partial charge >= 0.3 is 12.4 Å². The average molecular weight is 558 g/mol. The van der Waals surface area contributed by atoms with Crippen molar-refractivity contribution in [3.05, 3.63) is 53.6 Å². The number of imidazole rings is 1. The second kappa shape index (κ2) is 11.4. The minimum atomic E-state index is -4.99. The number of alkyl halides is 6. The minimum Gasteiger partial charge on any atom is -0.492 e. The standard InChI is InChI=1S/C26H29F6N5O2/c1-3-39-20-8-7-18(33-13-20)12-23-34-21-11-17(24(38)36(15-25(27,28)29)16-26(30,31)32)6-9-22(21)37(23)14-19-5-4-10-35(19)2/h6-9,11,13,19H,3-5,10,12,14-16H2,1-2H3/t19-/m1/s1. The Hall–Kier alpha value is -3.35. The molecule has 39 heavy (non-hydrogen) atoms. The van der Waals surface area contributed by atoms with E-state index in [2.05, 4.69) is 14.9 Å². The maximum absolute atomic E-state index is 13.0. The number of ether oxygens (including phenoxy) is 1. The number of benzene rings is 1. The highest BCUT2D eigenvalue weighted by atomic mass is 19.4. The molecule has 1 atom stereocenters. The molecular formula is C26H29F6N5O2. The molecule has 13 heteroatoms. The molecule has 212 valence electrons. The molecule has 0 aliphatic carbocycles. The van der Waals surface area contributed by atoms with E-state index in [9.17, 15) is 31.1 Å². The molecule has 1 aliphatic rings. The predicted octanol–water partition coefficient (Wildman–Crippen LogP) is 5.08. The molecular weight excluding hydrogens is 528 g/mol. The van der Waals surface area contributed by atoms with Crippen LogP contribution in [0.3, 0.4) is 0 Å². The summed E-state index contributed by atoms with van der Waals surface area (Å²) in [4.78, 5) is 23.9. The van der Waals surface area contributed by atoms with Crippen LogP contribution in [0.4, 0.5) is 26.3 Å². The normalized spacial score (nSPS) is 16.7. The SMILES string of the molecule is CCOc1ccc(Cc2nc3cc(C(=O)N(CC(F)(F)F)CC(F)(F)F)ccc3n2C[C@H]2CCCN2C)nc1. The monoisotopic (exact) mass is 557 g/mol. The highest BCUT2D eigenvalue weighted by Crippen LogP contribution is 2.27. The summed E-state index contributed by atoms with van der Waals surface area (Å²) in [7, 11) is 2.02. The lowest BCUT2D eigenvalue weighted by atomic mass is 10.1. The molecule has 3 heterocycles. The first kappa shape index (κ1) is 28.7. The number of pyridine rings is 1. The van der Waals surface area contributed by atoms with Crippen LogP contribution in [0.5, 0.6) is 5.75 Å². The van der Waals surface area contributed by atoms with Gasteiger partial charge in [0.15, 0.2) is 0 Å². The molecule has 3 aromatic rings. The van der Waals surface area contributed by atoms with Crippen LogP contribution in [0.2, 0.25) is 0 Å². The number of likely N-dealkylation sites (N-methyl/N-ethyl adjacent to an activating group) is 1. The Balaban J connectivity index is 1.69. The van der Waals surface area contributed by atoms with E-state index in [1.54, 1.807) is 18.3 Å². The number of hydrogen-bond donors (Lipinski definition) is 0. The zero-order chi connectivity index (χ0) is 28.4. The number of rotatable bonds is 9. The van der Waals surface area contributed by atoms with Crippen molar-refractivity contribution in [2.75, 3.05) is 33.3 Å². The Labute approximate surface area is 221 Å². The van der Waals surface area contributed by atoms with Crippen molar-refractivity contribution in [3.63, 3.8) is 0 Å². The number of fused-ring (bicyclic) bond motifs is 1. The van der Waals surface area contributed by atoms with Gasteiger partial charge in [0.2, 0.25) is 0 Å². The first-order valence-corrected chi connectivity index (χ1v) is 12.5. The molecule has 1 saturated heterocycles. The first-order chi connectivity index (χ1) is 18.3. The molecule has 4 rings (SSSR count). The molecule has 1 aromatic carbocycles. The summed E-state index contributed by atoms with van der Waals surface area (Å²) in [5.41, 5.74) is 1.34. The summed E-state index contributed by atoms with van der Waals surface area (Å²) in [5.74, 6) is -0.131. The van der Waals surface area contributed by atoms with E-state index < -0.39 is 31.3 Å². The molecule has 0 unspecified atom stereocenters. The van der Waals surface area contributed by atoms with Crippen LogP contribution in [0.1, 0.15) is 41.6 Å². The van der Waals surface area contributed by atoms with E-state index in [0.29, 0.717) is 47.9 Å². The van der Waals surface area contributed by atoms with Gasteiger partial charge in [-0.2, -0.15) is 26.3 Å². The lowest BCUT2D eigenvalue weighted by Gasteiger charge is -2.25. The van der Waals surface area contributed by atoms with Gasteiger partial charge in [0.1, 0.15) is 24.7 Å². The van der Waals surface area contributed by atoms with E-state index >= 15 is 0 Å². The van der Waals surface area contributed by atoms with E-state index in [0.717, 1.165) is 19.4 Å². The third-order valence-electron chi connectivity index (χ3n) is 6.61. The van der Waals surface area contributed by atoms with Crippen LogP contribution >= 0.6 is 0 Å². The maximum atomic E-state index is 13.0. The number of amides is 1. The van der Waals surface area contributed by atoms with Gasteiger partial charge in [-0.05, 0) is 63.7 Å². The van der Waals surface area contributed by atoms with Gasteiger partial charge in [0.25, 0.3) is 5.91 Å². The highest BCUT2D eigenvalue weighted by Gasteiger charge is 2.40. The van der Waals surface area contributed by atoms with Crippen LogP contribution in [0.25, 0.3) is 11.0 Å².